The first kappa shape index (κ1) is 16.7. The second-order valence-corrected chi connectivity index (χ2v) is 6.01. The quantitative estimate of drug-likeness (QED) is 0.623. The lowest BCUT2D eigenvalue weighted by Crippen LogP contribution is -2.50. The van der Waals surface area contributed by atoms with Crippen LogP contribution >= 0.6 is 11.6 Å². The van der Waals surface area contributed by atoms with E-state index in [0.29, 0.717) is 5.92 Å². The molecular formula is C14H27ClN2O2. The number of alkyl halides is 1. The molecule has 4 atom stereocenters. The van der Waals surface area contributed by atoms with Crippen LogP contribution in [0.1, 0.15) is 39.5 Å². The first-order valence-corrected chi connectivity index (χ1v) is 7.85. The van der Waals surface area contributed by atoms with Gasteiger partial charge in [0.2, 0.25) is 5.91 Å². The second kappa shape index (κ2) is 8.77. The van der Waals surface area contributed by atoms with Gasteiger partial charge >= 0.3 is 0 Å². The fourth-order valence-electron chi connectivity index (χ4n) is 2.54. The summed E-state index contributed by atoms with van der Waals surface area (Å²) in [5.74, 6) is 1.49. The van der Waals surface area contributed by atoms with Crippen molar-refractivity contribution in [3.8, 4) is 0 Å². The van der Waals surface area contributed by atoms with E-state index in [2.05, 4.69) is 24.5 Å². The third-order valence-electron chi connectivity index (χ3n) is 3.95. The van der Waals surface area contributed by atoms with Crippen LogP contribution < -0.4 is 10.6 Å². The van der Waals surface area contributed by atoms with Gasteiger partial charge < -0.3 is 15.7 Å². The SMILES string of the molecule is CCC(C)CC1CCNC(C(=O)NC[C@H](O)CCl)C1. The molecule has 1 aliphatic rings. The predicted molar refractivity (Wildman–Crippen MR) is 78.3 cm³/mol. The normalized spacial score (nSPS) is 26.7. The van der Waals surface area contributed by atoms with Crippen molar-refractivity contribution in [3.05, 3.63) is 0 Å². The van der Waals surface area contributed by atoms with Crippen LogP contribution in [0.2, 0.25) is 0 Å². The molecule has 0 bridgehead atoms. The number of nitrogens with one attached hydrogen (secondary N) is 2. The van der Waals surface area contributed by atoms with E-state index in [1.807, 2.05) is 0 Å². The van der Waals surface area contributed by atoms with Crippen molar-refractivity contribution >= 4 is 17.5 Å². The minimum Gasteiger partial charge on any atom is -0.390 e. The highest BCUT2D eigenvalue weighted by Crippen LogP contribution is 2.25. The number of aliphatic hydroxyl groups excluding tert-OH is 1. The van der Waals surface area contributed by atoms with E-state index in [1.165, 1.54) is 12.8 Å². The van der Waals surface area contributed by atoms with Crippen LogP contribution in [0.3, 0.4) is 0 Å². The van der Waals surface area contributed by atoms with Gasteiger partial charge in [0.25, 0.3) is 0 Å². The van der Waals surface area contributed by atoms with E-state index in [-0.39, 0.29) is 24.4 Å². The zero-order valence-electron chi connectivity index (χ0n) is 12.0. The summed E-state index contributed by atoms with van der Waals surface area (Å²) < 4.78 is 0. The van der Waals surface area contributed by atoms with Crippen LogP contribution in [0.5, 0.6) is 0 Å². The van der Waals surface area contributed by atoms with E-state index >= 15 is 0 Å². The van der Waals surface area contributed by atoms with E-state index in [9.17, 15) is 9.90 Å². The van der Waals surface area contributed by atoms with Gasteiger partial charge in [-0.25, -0.2) is 0 Å². The van der Waals surface area contributed by atoms with Crippen molar-refractivity contribution in [1.29, 1.82) is 0 Å². The lowest BCUT2D eigenvalue weighted by atomic mass is 9.84. The van der Waals surface area contributed by atoms with Crippen molar-refractivity contribution < 1.29 is 9.90 Å². The van der Waals surface area contributed by atoms with Gasteiger partial charge in [-0.2, -0.15) is 0 Å². The maximum Gasteiger partial charge on any atom is 0.237 e. The van der Waals surface area contributed by atoms with Crippen LogP contribution in [0.25, 0.3) is 0 Å². The lowest BCUT2D eigenvalue weighted by molar-refractivity contribution is -0.124. The average molecular weight is 291 g/mol. The molecule has 3 unspecified atom stereocenters. The van der Waals surface area contributed by atoms with Crippen LogP contribution in [0, 0.1) is 11.8 Å². The van der Waals surface area contributed by atoms with Gasteiger partial charge in [-0.1, -0.05) is 20.3 Å². The van der Waals surface area contributed by atoms with Crippen LogP contribution in [0.4, 0.5) is 0 Å². The summed E-state index contributed by atoms with van der Waals surface area (Å²) in [6, 6.07) is -0.120. The van der Waals surface area contributed by atoms with Gasteiger partial charge in [-0.3, -0.25) is 4.79 Å². The molecule has 1 fully saturated rings. The van der Waals surface area contributed by atoms with E-state index in [4.69, 9.17) is 11.6 Å². The minimum absolute atomic E-state index is 0.0157. The molecule has 1 amide bonds. The Morgan fingerprint density at radius 2 is 2.32 bits per heavy atom. The molecule has 0 aromatic heterocycles. The molecule has 0 aromatic rings. The van der Waals surface area contributed by atoms with Gasteiger partial charge in [0.15, 0.2) is 0 Å². The Labute approximate surface area is 121 Å². The number of halogens is 1. The number of amides is 1. The molecule has 5 heteroatoms. The fraction of sp³-hybridized carbons (Fsp3) is 0.929. The van der Waals surface area contributed by atoms with Crippen LogP contribution in [-0.2, 0) is 4.79 Å². The average Bonchev–Trinajstić information content (AvgIpc) is 2.44. The Balaban J connectivity index is 2.34. The first-order valence-electron chi connectivity index (χ1n) is 7.31. The van der Waals surface area contributed by atoms with Gasteiger partial charge in [-0.05, 0) is 37.6 Å². The van der Waals surface area contributed by atoms with Crippen molar-refractivity contribution in [2.45, 2.75) is 51.7 Å². The fourth-order valence-corrected chi connectivity index (χ4v) is 2.65. The van der Waals surface area contributed by atoms with E-state index in [1.54, 1.807) is 0 Å². The standard InChI is InChI=1S/C14H27ClN2O2/c1-3-10(2)6-11-4-5-16-13(7-11)14(19)17-9-12(18)8-15/h10-13,16,18H,3-9H2,1-2H3,(H,17,19)/t10?,11?,12-,13?/m1/s1. The highest BCUT2D eigenvalue weighted by Gasteiger charge is 2.27. The monoisotopic (exact) mass is 290 g/mol. The third kappa shape index (κ3) is 6.11. The van der Waals surface area contributed by atoms with E-state index < -0.39 is 6.10 Å². The van der Waals surface area contributed by atoms with Gasteiger partial charge in [0.05, 0.1) is 18.0 Å². The summed E-state index contributed by atoms with van der Waals surface area (Å²) >= 11 is 5.50. The first-order chi connectivity index (χ1) is 9.06. The number of aliphatic hydroxyl groups is 1. The van der Waals surface area contributed by atoms with Crippen molar-refractivity contribution in [2.24, 2.45) is 11.8 Å². The molecule has 1 rings (SSSR count). The molecule has 3 N–H and O–H groups in total. The maximum absolute atomic E-state index is 12.0. The molecule has 1 heterocycles. The van der Waals surface area contributed by atoms with Crippen LogP contribution in [-0.4, -0.2) is 42.1 Å². The number of hydrogen-bond donors (Lipinski definition) is 3. The molecule has 19 heavy (non-hydrogen) atoms. The number of carbonyl (C=O) groups excluding carboxylic acids is 1. The molecule has 0 aliphatic carbocycles. The van der Waals surface area contributed by atoms with Gasteiger partial charge in [0, 0.05) is 6.54 Å². The Kier molecular flexibility index (Phi) is 7.73. The number of carbonyl (C=O) groups is 1. The zero-order valence-corrected chi connectivity index (χ0v) is 12.7. The van der Waals surface area contributed by atoms with Crippen molar-refractivity contribution in [1.82, 2.24) is 10.6 Å². The molecule has 4 nitrogen and oxygen atoms in total. The highest BCUT2D eigenvalue weighted by molar-refractivity contribution is 6.18. The largest absolute Gasteiger partial charge is 0.390 e. The molecule has 0 spiro atoms. The smallest absolute Gasteiger partial charge is 0.237 e. The molecule has 1 saturated heterocycles. The Morgan fingerprint density at radius 3 is 2.95 bits per heavy atom. The van der Waals surface area contributed by atoms with E-state index in [0.717, 1.165) is 25.3 Å². The van der Waals surface area contributed by atoms with Crippen LogP contribution in [0.15, 0.2) is 0 Å². The van der Waals surface area contributed by atoms with Gasteiger partial charge in [0.1, 0.15) is 0 Å². The summed E-state index contributed by atoms with van der Waals surface area (Å²) in [6.45, 7) is 5.62. The minimum atomic E-state index is -0.662. The second-order valence-electron chi connectivity index (χ2n) is 5.70. The summed E-state index contributed by atoms with van der Waals surface area (Å²) in [6.07, 6.45) is 3.78. The molecule has 112 valence electrons. The third-order valence-corrected chi connectivity index (χ3v) is 4.31. The molecule has 0 radical (unpaired) electrons. The predicted octanol–water partition coefficient (Wildman–Crippen LogP) is 1.51. The van der Waals surface area contributed by atoms with Crippen molar-refractivity contribution in [2.75, 3.05) is 19.0 Å². The zero-order chi connectivity index (χ0) is 14.3. The summed E-state index contributed by atoms with van der Waals surface area (Å²) in [5, 5.41) is 15.4. The molecule has 0 aromatic carbocycles. The Bertz CT molecular complexity index is 276. The maximum atomic E-state index is 12.0. The molecule has 0 saturated carbocycles. The topological polar surface area (TPSA) is 61.4 Å². The highest BCUT2D eigenvalue weighted by atomic mass is 35.5. The number of hydrogen-bond acceptors (Lipinski definition) is 3. The van der Waals surface area contributed by atoms with Gasteiger partial charge in [-0.15, -0.1) is 11.6 Å². The number of piperidine rings is 1. The summed E-state index contributed by atoms with van der Waals surface area (Å²) in [7, 11) is 0. The lowest BCUT2D eigenvalue weighted by Gasteiger charge is -2.31. The Morgan fingerprint density at radius 1 is 1.58 bits per heavy atom. The summed E-state index contributed by atoms with van der Waals surface area (Å²) in [5.41, 5.74) is 0. The molecular weight excluding hydrogens is 264 g/mol. The molecule has 1 aliphatic heterocycles. The Hall–Kier alpha value is -0.320. The summed E-state index contributed by atoms with van der Waals surface area (Å²) in [4.78, 5) is 12.0. The number of rotatable bonds is 7. The van der Waals surface area contributed by atoms with Crippen molar-refractivity contribution in [3.63, 3.8) is 0 Å².